The van der Waals surface area contributed by atoms with Crippen LogP contribution in [0.5, 0.6) is 0 Å². The maximum absolute atomic E-state index is 11.5. The van der Waals surface area contributed by atoms with Gasteiger partial charge in [0, 0.05) is 35.6 Å². The molecule has 7 heteroatoms. The van der Waals surface area contributed by atoms with Gasteiger partial charge in [0.2, 0.25) is 0 Å². The van der Waals surface area contributed by atoms with Crippen LogP contribution in [0.4, 0.5) is 0 Å². The van der Waals surface area contributed by atoms with Crippen molar-refractivity contribution < 1.29 is 0 Å². The standard InChI is InChI=1S/C15H18ClN3O2S/c1-11(12-5-2-3-6-13(12)16)18-22-10-4-8-19-9-7-14(20)17-15(19)21/h2-3,5-7,9,11,18H,4,8,10H2,1H3,(H,17,20,21). The van der Waals surface area contributed by atoms with E-state index in [0.717, 1.165) is 22.8 Å². The van der Waals surface area contributed by atoms with E-state index < -0.39 is 0 Å². The Labute approximate surface area is 137 Å². The van der Waals surface area contributed by atoms with Gasteiger partial charge in [0.25, 0.3) is 5.56 Å². The SMILES string of the molecule is CC(NSCCCn1ccc(=O)[nH]c1=O)c1ccccc1Cl. The van der Waals surface area contributed by atoms with E-state index in [2.05, 4.69) is 16.6 Å². The van der Waals surface area contributed by atoms with Crippen molar-refractivity contribution in [3.63, 3.8) is 0 Å². The molecule has 0 radical (unpaired) electrons. The Bertz CT molecular complexity index is 729. The first-order valence-electron chi connectivity index (χ1n) is 6.99. The lowest BCUT2D eigenvalue weighted by atomic mass is 10.1. The van der Waals surface area contributed by atoms with Crippen molar-refractivity contribution in [3.8, 4) is 0 Å². The van der Waals surface area contributed by atoms with Crippen molar-refractivity contribution >= 4 is 23.5 Å². The van der Waals surface area contributed by atoms with E-state index >= 15 is 0 Å². The lowest BCUT2D eigenvalue weighted by molar-refractivity contribution is 0.634. The highest BCUT2D eigenvalue weighted by Gasteiger charge is 2.08. The van der Waals surface area contributed by atoms with Crippen molar-refractivity contribution in [1.29, 1.82) is 0 Å². The fourth-order valence-electron chi connectivity index (χ4n) is 2.00. The molecule has 0 bridgehead atoms. The van der Waals surface area contributed by atoms with Crippen LogP contribution < -0.4 is 16.0 Å². The van der Waals surface area contributed by atoms with Gasteiger partial charge in [-0.05, 0) is 25.0 Å². The lowest BCUT2D eigenvalue weighted by Gasteiger charge is -2.14. The minimum atomic E-state index is -0.370. The number of nitrogens with zero attached hydrogens (tertiary/aromatic N) is 1. The van der Waals surface area contributed by atoms with Gasteiger partial charge in [-0.15, -0.1) is 0 Å². The average molecular weight is 340 g/mol. The summed E-state index contributed by atoms with van der Waals surface area (Å²) in [4.78, 5) is 24.7. The molecule has 118 valence electrons. The zero-order chi connectivity index (χ0) is 15.9. The third-order valence-corrected chi connectivity index (χ3v) is 4.53. The van der Waals surface area contributed by atoms with Crippen molar-refractivity contribution in [3.05, 3.63) is 68.0 Å². The van der Waals surface area contributed by atoms with Gasteiger partial charge in [0.05, 0.1) is 0 Å². The van der Waals surface area contributed by atoms with Crippen LogP contribution in [0.3, 0.4) is 0 Å². The molecule has 2 aromatic rings. The highest BCUT2D eigenvalue weighted by molar-refractivity contribution is 7.97. The summed E-state index contributed by atoms with van der Waals surface area (Å²) in [7, 11) is 0. The van der Waals surface area contributed by atoms with E-state index in [9.17, 15) is 9.59 Å². The van der Waals surface area contributed by atoms with Gasteiger partial charge >= 0.3 is 5.69 Å². The molecular weight excluding hydrogens is 322 g/mol. The monoisotopic (exact) mass is 339 g/mol. The quantitative estimate of drug-likeness (QED) is 0.601. The van der Waals surface area contributed by atoms with Crippen LogP contribution in [-0.4, -0.2) is 15.3 Å². The summed E-state index contributed by atoms with van der Waals surface area (Å²) < 4.78 is 4.84. The fraction of sp³-hybridized carbons (Fsp3) is 0.333. The van der Waals surface area contributed by atoms with Crippen LogP contribution >= 0.6 is 23.5 Å². The second-order valence-corrected chi connectivity index (χ2v) is 6.21. The minimum absolute atomic E-state index is 0.148. The number of nitrogens with one attached hydrogen (secondary N) is 2. The van der Waals surface area contributed by atoms with Crippen LogP contribution in [-0.2, 0) is 6.54 Å². The number of rotatable bonds is 7. The van der Waals surface area contributed by atoms with Gasteiger partial charge < -0.3 is 4.57 Å². The molecule has 5 nitrogen and oxygen atoms in total. The predicted octanol–water partition coefficient (Wildman–Crippen LogP) is 2.58. The van der Waals surface area contributed by atoms with E-state index in [-0.39, 0.29) is 17.3 Å². The number of aryl methyl sites for hydroxylation is 1. The molecule has 2 N–H and O–H groups in total. The van der Waals surface area contributed by atoms with E-state index in [1.165, 1.54) is 16.8 Å². The van der Waals surface area contributed by atoms with Crippen molar-refractivity contribution in [2.24, 2.45) is 0 Å². The van der Waals surface area contributed by atoms with Crippen molar-refractivity contribution in [2.75, 3.05) is 5.75 Å². The Morgan fingerprint density at radius 1 is 1.32 bits per heavy atom. The van der Waals surface area contributed by atoms with Gasteiger partial charge in [0.15, 0.2) is 0 Å². The smallest absolute Gasteiger partial charge is 0.301 e. The molecule has 1 aromatic carbocycles. The van der Waals surface area contributed by atoms with Gasteiger partial charge in [-0.3, -0.25) is 14.5 Å². The van der Waals surface area contributed by atoms with Crippen molar-refractivity contribution in [1.82, 2.24) is 14.3 Å². The lowest BCUT2D eigenvalue weighted by Crippen LogP contribution is -2.28. The predicted molar refractivity (Wildman–Crippen MR) is 91.4 cm³/mol. The van der Waals surface area contributed by atoms with Crippen molar-refractivity contribution in [2.45, 2.75) is 25.9 Å². The summed E-state index contributed by atoms with van der Waals surface area (Å²) in [6, 6.07) is 9.25. The molecule has 0 spiro atoms. The molecule has 0 saturated carbocycles. The van der Waals surface area contributed by atoms with Gasteiger partial charge in [-0.1, -0.05) is 41.7 Å². The van der Waals surface area contributed by atoms with Crippen LogP contribution in [0, 0.1) is 0 Å². The highest BCUT2D eigenvalue weighted by Crippen LogP contribution is 2.23. The molecule has 0 aliphatic carbocycles. The fourth-order valence-corrected chi connectivity index (χ4v) is 3.07. The van der Waals surface area contributed by atoms with E-state index in [1.807, 2.05) is 24.3 Å². The second-order valence-electron chi connectivity index (χ2n) is 4.87. The third-order valence-electron chi connectivity index (χ3n) is 3.17. The average Bonchev–Trinajstić information content (AvgIpc) is 2.49. The van der Waals surface area contributed by atoms with Gasteiger partial charge in [-0.25, -0.2) is 4.79 Å². The number of aromatic amines is 1. The number of hydrogen-bond acceptors (Lipinski definition) is 4. The second kappa shape index (κ2) is 8.22. The first-order valence-corrected chi connectivity index (χ1v) is 8.36. The molecule has 0 fully saturated rings. The molecule has 0 aliphatic rings. The molecule has 1 atom stereocenters. The van der Waals surface area contributed by atoms with E-state index in [0.29, 0.717) is 6.54 Å². The maximum atomic E-state index is 11.5. The summed E-state index contributed by atoms with van der Waals surface area (Å²) in [6.07, 6.45) is 2.34. The van der Waals surface area contributed by atoms with Crippen LogP contribution in [0.15, 0.2) is 46.1 Å². The van der Waals surface area contributed by atoms with Gasteiger partial charge in [0.1, 0.15) is 0 Å². The molecule has 1 aromatic heterocycles. The molecule has 0 saturated heterocycles. The van der Waals surface area contributed by atoms with E-state index in [1.54, 1.807) is 11.9 Å². The summed E-state index contributed by atoms with van der Waals surface area (Å²) in [5, 5.41) is 0.753. The Balaban J connectivity index is 1.74. The highest BCUT2D eigenvalue weighted by atomic mass is 35.5. The van der Waals surface area contributed by atoms with Crippen LogP contribution in [0.1, 0.15) is 24.9 Å². The Kier molecular flexibility index (Phi) is 6.30. The normalized spacial score (nSPS) is 12.3. The van der Waals surface area contributed by atoms with Crippen LogP contribution in [0.25, 0.3) is 0 Å². The first-order chi connectivity index (χ1) is 10.6. The molecule has 1 unspecified atom stereocenters. The minimum Gasteiger partial charge on any atom is -0.301 e. The topological polar surface area (TPSA) is 66.9 Å². The number of benzene rings is 1. The zero-order valence-corrected chi connectivity index (χ0v) is 13.8. The molecule has 1 heterocycles. The third kappa shape index (κ3) is 4.76. The number of H-pyrrole nitrogens is 1. The molecule has 22 heavy (non-hydrogen) atoms. The Hall–Kier alpha value is -1.50. The first kappa shape index (κ1) is 16.9. The summed E-state index contributed by atoms with van der Waals surface area (Å²) in [6.45, 7) is 2.63. The molecule has 0 aliphatic heterocycles. The molecule has 0 amide bonds. The van der Waals surface area contributed by atoms with E-state index in [4.69, 9.17) is 11.6 Å². The Morgan fingerprint density at radius 3 is 2.82 bits per heavy atom. The van der Waals surface area contributed by atoms with Gasteiger partial charge in [-0.2, -0.15) is 0 Å². The number of halogens is 1. The number of aromatic nitrogens is 2. The summed E-state index contributed by atoms with van der Waals surface area (Å²) in [5.74, 6) is 0.848. The summed E-state index contributed by atoms with van der Waals surface area (Å²) >= 11 is 7.75. The largest absolute Gasteiger partial charge is 0.328 e. The Morgan fingerprint density at radius 2 is 2.09 bits per heavy atom. The van der Waals surface area contributed by atoms with Crippen LogP contribution in [0.2, 0.25) is 5.02 Å². The number of hydrogen-bond donors (Lipinski definition) is 2. The zero-order valence-electron chi connectivity index (χ0n) is 12.2. The molecule has 2 rings (SSSR count). The maximum Gasteiger partial charge on any atom is 0.328 e. The summed E-state index contributed by atoms with van der Waals surface area (Å²) in [5.41, 5.74) is 0.328. The molecular formula is C15H18ClN3O2S.